The molecule has 0 radical (unpaired) electrons. The van der Waals surface area contributed by atoms with Gasteiger partial charge in [-0.15, -0.1) is 0 Å². The molecule has 0 saturated heterocycles. The highest BCUT2D eigenvalue weighted by Crippen LogP contribution is 2.25. The van der Waals surface area contributed by atoms with E-state index in [0.29, 0.717) is 31.1 Å². The molecular weight excluding hydrogens is 522 g/mol. The summed E-state index contributed by atoms with van der Waals surface area (Å²) >= 11 is 0. The number of nitrogens with one attached hydrogen (secondary N) is 3. The van der Waals surface area contributed by atoms with Gasteiger partial charge in [0.2, 0.25) is 0 Å². The smallest absolute Gasteiger partial charge is 0.270 e. The van der Waals surface area contributed by atoms with Gasteiger partial charge < -0.3 is 30.2 Å². The molecule has 5 rings (SSSR count). The van der Waals surface area contributed by atoms with Crippen LogP contribution >= 0.6 is 0 Å². The molecule has 0 spiro atoms. The monoisotopic (exact) mass is 563 g/mol. The number of carbonyl (C=O) groups is 1. The summed E-state index contributed by atoms with van der Waals surface area (Å²) in [6.07, 6.45) is 8.68. The van der Waals surface area contributed by atoms with E-state index in [2.05, 4.69) is 47.9 Å². The number of hydrogen-bond acceptors (Lipinski definition) is 10. The van der Waals surface area contributed by atoms with Gasteiger partial charge in [-0.2, -0.15) is 0 Å². The zero-order valence-electron chi connectivity index (χ0n) is 23.9. The molecule has 1 aromatic carbocycles. The standard InChI is InChI=1S/C30H41N7O4/c1-20-28(41-19-35-20)17-40-26-8-7-22-15-37(10-9-21(22)11-26)16-25(38)14-32-30(39)27-13-29(34-18-33-27)36-24-6-4-3-5-23(12-24)31-2/h7-8,11,13,18-19,23-25,31,38H,3-6,9-10,12,14-17H2,1-2H3,(H,32,39)(H,33,34,36)/t23-,24-,25-/m0/s1. The number of fused-ring (bicyclic) bond motifs is 1. The Hall–Kier alpha value is -3.54. The van der Waals surface area contributed by atoms with Gasteiger partial charge in [-0.25, -0.2) is 15.0 Å². The number of rotatable bonds is 11. The minimum atomic E-state index is -0.697. The normalized spacial score (nSPS) is 20.1. The number of oxazole rings is 1. The zero-order valence-corrected chi connectivity index (χ0v) is 23.9. The van der Waals surface area contributed by atoms with E-state index in [1.807, 2.05) is 20.0 Å². The van der Waals surface area contributed by atoms with Crippen LogP contribution in [0.4, 0.5) is 5.82 Å². The first-order valence-corrected chi connectivity index (χ1v) is 14.5. The maximum Gasteiger partial charge on any atom is 0.270 e. The molecule has 4 N–H and O–H groups in total. The first-order chi connectivity index (χ1) is 20.0. The lowest BCUT2D eigenvalue weighted by Crippen LogP contribution is -2.42. The van der Waals surface area contributed by atoms with E-state index in [1.165, 1.54) is 43.1 Å². The molecule has 1 aliphatic heterocycles. The molecule has 2 aliphatic rings. The minimum Gasteiger partial charge on any atom is -0.486 e. The van der Waals surface area contributed by atoms with Crippen LogP contribution < -0.4 is 20.7 Å². The third-order valence-corrected chi connectivity index (χ3v) is 8.04. The van der Waals surface area contributed by atoms with Crippen molar-refractivity contribution in [2.45, 2.75) is 76.8 Å². The van der Waals surface area contributed by atoms with Crippen molar-refractivity contribution in [2.75, 3.05) is 32.0 Å². The quantitative estimate of drug-likeness (QED) is 0.258. The second-order valence-electron chi connectivity index (χ2n) is 11.1. The molecule has 2 aromatic heterocycles. The number of anilines is 1. The number of aryl methyl sites for hydroxylation is 1. The second-order valence-corrected chi connectivity index (χ2v) is 11.1. The number of hydrogen-bond donors (Lipinski definition) is 4. The second kappa shape index (κ2) is 13.9. The number of aliphatic hydroxyl groups is 1. The molecule has 41 heavy (non-hydrogen) atoms. The summed E-state index contributed by atoms with van der Waals surface area (Å²) in [5, 5.41) is 20.4. The Kier molecular flexibility index (Phi) is 9.81. The van der Waals surface area contributed by atoms with Crippen molar-refractivity contribution in [2.24, 2.45) is 0 Å². The largest absolute Gasteiger partial charge is 0.486 e. The molecule has 11 nitrogen and oxygen atoms in total. The molecule has 1 aliphatic carbocycles. The number of benzene rings is 1. The summed E-state index contributed by atoms with van der Waals surface area (Å²) in [7, 11) is 2.01. The number of aliphatic hydroxyl groups excluding tert-OH is 1. The van der Waals surface area contributed by atoms with Crippen molar-refractivity contribution >= 4 is 11.7 Å². The summed E-state index contributed by atoms with van der Waals surface area (Å²) < 4.78 is 11.2. The topological polar surface area (TPSA) is 138 Å². The van der Waals surface area contributed by atoms with Crippen LogP contribution in [0.3, 0.4) is 0 Å². The first-order valence-electron chi connectivity index (χ1n) is 14.5. The van der Waals surface area contributed by atoms with E-state index in [0.717, 1.165) is 49.6 Å². The average molecular weight is 564 g/mol. The molecule has 3 aromatic rings. The Morgan fingerprint density at radius 1 is 1.17 bits per heavy atom. The number of aromatic nitrogens is 3. The van der Waals surface area contributed by atoms with Gasteiger partial charge >= 0.3 is 0 Å². The Morgan fingerprint density at radius 3 is 2.83 bits per heavy atom. The minimum absolute atomic E-state index is 0.148. The van der Waals surface area contributed by atoms with Crippen LogP contribution in [0.15, 0.2) is 41.4 Å². The van der Waals surface area contributed by atoms with Gasteiger partial charge in [0, 0.05) is 44.3 Å². The summed E-state index contributed by atoms with van der Waals surface area (Å²) in [4.78, 5) is 27.6. The molecule has 11 heteroatoms. The van der Waals surface area contributed by atoms with Crippen LogP contribution in [0.25, 0.3) is 0 Å². The van der Waals surface area contributed by atoms with Gasteiger partial charge in [0.05, 0.1) is 11.8 Å². The molecule has 0 unspecified atom stereocenters. The van der Waals surface area contributed by atoms with Crippen molar-refractivity contribution in [1.29, 1.82) is 0 Å². The highest BCUT2D eigenvalue weighted by molar-refractivity contribution is 5.92. The zero-order chi connectivity index (χ0) is 28.6. The van der Waals surface area contributed by atoms with Gasteiger partial charge in [0.1, 0.15) is 30.2 Å². The number of amides is 1. The van der Waals surface area contributed by atoms with Gasteiger partial charge in [-0.3, -0.25) is 9.69 Å². The molecule has 3 atom stereocenters. The fourth-order valence-corrected chi connectivity index (χ4v) is 5.63. The lowest BCUT2D eigenvalue weighted by atomic mass is 9.99. The lowest BCUT2D eigenvalue weighted by molar-refractivity contribution is 0.0838. The SMILES string of the molecule is CN[C@H]1CCCC[C@H](Nc2cc(C(=O)NC[C@H](O)CN3CCc4cc(OCc5ocnc5C)ccc4C3)ncn2)C1. The van der Waals surface area contributed by atoms with E-state index in [4.69, 9.17) is 9.15 Å². The Morgan fingerprint density at radius 2 is 2.02 bits per heavy atom. The van der Waals surface area contributed by atoms with E-state index in [-0.39, 0.29) is 18.1 Å². The third kappa shape index (κ3) is 8.02. The van der Waals surface area contributed by atoms with Gasteiger partial charge in [0.25, 0.3) is 5.91 Å². The first kappa shape index (κ1) is 29.0. The van der Waals surface area contributed by atoms with Gasteiger partial charge in [0.15, 0.2) is 12.2 Å². The number of carbonyl (C=O) groups excluding carboxylic acids is 1. The molecule has 1 fully saturated rings. The molecule has 220 valence electrons. The maximum atomic E-state index is 12.8. The van der Waals surface area contributed by atoms with Crippen LogP contribution in [-0.2, 0) is 19.6 Å². The van der Waals surface area contributed by atoms with Gasteiger partial charge in [-0.05, 0) is 62.9 Å². The predicted molar refractivity (Wildman–Crippen MR) is 155 cm³/mol. The molecule has 3 heterocycles. The summed E-state index contributed by atoms with van der Waals surface area (Å²) in [5.41, 5.74) is 3.58. The van der Waals surface area contributed by atoms with E-state index in [1.54, 1.807) is 6.07 Å². The molecule has 1 amide bonds. The van der Waals surface area contributed by atoms with Gasteiger partial charge in [-0.1, -0.05) is 18.9 Å². The van der Waals surface area contributed by atoms with Crippen molar-refractivity contribution in [3.8, 4) is 5.75 Å². The fraction of sp³-hybridized carbons (Fsp3) is 0.533. The highest BCUT2D eigenvalue weighted by atomic mass is 16.5. The molecule has 1 saturated carbocycles. The van der Waals surface area contributed by atoms with E-state index < -0.39 is 6.10 Å². The summed E-state index contributed by atoms with van der Waals surface area (Å²) in [5.74, 6) is 1.86. The molecular formula is C30H41N7O4. The van der Waals surface area contributed by atoms with Crippen LogP contribution in [0.2, 0.25) is 0 Å². The van der Waals surface area contributed by atoms with Crippen LogP contribution in [0.5, 0.6) is 5.75 Å². The third-order valence-electron chi connectivity index (χ3n) is 8.04. The molecule has 0 bridgehead atoms. The number of β-amino-alcohol motifs (C(OH)–C–C–N with tert-alkyl or cyclic N) is 1. The Bertz CT molecular complexity index is 1300. The summed E-state index contributed by atoms with van der Waals surface area (Å²) in [6.45, 7) is 4.41. The average Bonchev–Trinajstić information content (AvgIpc) is 3.26. The summed E-state index contributed by atoms with van der Waals surface area (Å²) in [6, 6.07) is 8.60. The van der Waals surface area contributed by atoms with Crippen molar-refractivity contribution in [3.05, 3.63) is 65.3 Å². The van der Waals surface area contributed by atoms with Crippen molar-refractivity contribution in [3.63, 3.8) is 0 Å². The number of nitrogens with zero attached hydrogens (tertiary/aromatic N) is 4. The van der Waals surface area contributed by atoms with Crippen LogP contribution in [0, 0.1) is 6.92 Å². The lowest BCUT2D eigenvalue weighted by Gasteiger charge is -2.30. The predicted octanol–water partition coefficient (Wildman–Crippen LogP) is 2.83. The maximum absolute atomic E-state index is 12.8. The van der Waals surface area contributed by atoms with E-state index >= 15 is 0 Å². The number of ether oxygens (including phenoxy) is 1. The Labute approximate surface area is 241 Å². The fourth-order valence-electron chi connectivity index (χ4n) is 5.63. The Balaban J connectivity index is 1.07. The van der Waals surface area contributed by atoms with Crippen LogP contribution in [-0.4, -0.2) is 75.7 Å². The van der Waals surface area contributed by atoms with Crippen molar-refractivity contribution in [1.82, 2.24) is 30.5 Å². The van der Waals surface area contributed by atoms with Crippen LogP contribution in [0.1, 0.15) is 65.2 Å². The van der Waals surface area contributed by atoms with E-state index in [9.17, 15) is 9.90 Å². The highest BCUT2D eigenvalue weighted by Gasteiger charge is 2.22. The van der Waals surface area contributed by atoms with Crippen molar-refractivity contribution < 1.29 is 19.1 Å².